The number of carbonyl (C=O) groups is 1. The van der Waals surface area contributed by atoms with Crippen LogP contribution in [0.3, 0.4) is 0 Å². The number of aromatic nitrogens is 3. The molecule has 0 aliphatic carbocycles. The van der Waals surface area contributed by atoms with Crippen LogP contribution in [0.4, 0.5) is 5.82 Å². The number of carbonyl (C=O) groups excluding carboxylic acids is 1. The number of amides is 1. The second-order valence-corrected chi connectivity index (χ2v) is 7.39. The number of anilines is 1. The Morgan fingerprint density at radius 1 is 1.29 bits per heavy atom. The molecular formula is C21H23N5OS. The van der Waals surface area contributed by atoms with Gasteiger partial charge in [0.1, 0.15) is 11.9 Å². The Kier molecular flexibility index (Phi) is 6.22. The second-order valence-electron chi connectivity index (χ2n) is 6.45. The van der Waals surface area contributed by atoms with Crippen LogP contribution in [0.15, 0.2) is 47.9 Å². The Labute approximate surface area is 169 Å². The van der Waals surface area contributed by atoms with Gasteiger partial charge in [-0.25, -0.2) is 4.98 Å². The molecule has 0 saturated carbocycles. The quantitative estimate of drug-likeness (QED) is 0.616. The number of rotatable bonds is 7. The van der Waals surface area contributed by atoms with Gasteiger partial charge in [0.15, 0.2) is 5.16 Å². The summed E-state index contributed by atoms with van der Waals surface area (Å²) in [6.45, 7) is 7.32. The number of imidazole rings is 1. The summed E-state index contributed by atoms with van der Waals surface area (Å²) in [5.41, 5.74) is 3.49. The minimum atomic E-state index is -0.154. The van der Waals surface area contributed by atoms with Crippen molar-refractivity contribution in [2.75, 3.05) is 11.1 Å². The van der Waals surface area contributed by atoms with E-state index < -0.39 is 0 Å². The highest BCUT2D eigenvalue weighted by Gasteiger charge is 2.20. The smallest absolute Gasteiger partial charge is 0.235 e. The van der Waals surface area contributed by atoms with Crippen LogP contribution in [0.25, 0.3) is 0 Å². The van der Waals surface area contributed by atoms with Gasteiger partial charge in [0.2, 0.25) is 5.91 Å². The van der Waals surface area contributed by atoms with Crippen molar-refractivity contribution in [3.63, 3.8) is 0 Å². The SMILES string of the molecule is CCn1ccnc1SCC(=O)Nc1c(C#N)c(C)c(C)n1Cc1ccccc1. The number of nitrogens with zero attached hydrogens (tertiary/aromatic N) is 4. The first kappa shape index (κ1) is 19.8. The molecule has 6 nitrogen and oxygen atoms in total. The van der Waals surface area contributed by atoms with Crippen molar-refractivity contribution in [3.8, 4) is 6.07 Å². The van der Waals surface area contributed by atoms with Gasteiger partial charge in [0.05, 0.1) is 11.3 Å². The van der Waals surface area contributed by atoms with Crippen LogP contribution in [-0.4, -0.2) is 25.8 Å². The van der Waals surface area contributed by atoms with Gasteiger partial charge in [0, 0.05) is 31.2 Å². The van der Waals surface area contributed by atoms with E-state index in [-0.39, 0.29) is 11.7 Å². The Morgan fingerprint density at radius 3 is 2.71 bits per heavy atom. The molecule has 0 fully saturated rings. The zero-order valence-corrected chi connectivity index (χ0v) is 17.1. The van der Waals surface area contributed by atoms with E-state index >= 15 is 0 Å². The van der Waals surface area contributed by atoms with Crippen LogP contribution in [0.2, 0.25) is 0 Å². The number of aryl methyl sites for hydroxylation is 1. The molecular weight excluding hydrogens is 370 g/mol. The summed E-state index contributed by atoms with van der Waals surface area (Å²) in [7, 11) is 0. The van der Waals surface area contributed by atoms with E-state index in [2.05, 4.69) is 16.4 Å². The van der Waals surface area contributed by atoms with Crippen molar-refractivity contribution < 1.29 is 4.79 Å². The van der Waals surface area contributed by atoms with Gasteiger partial charge in [-0.05, 0) is 31.9 Å². The summed E-state index contributed by atoms with van der Waals surface area (Å²) < 4.78 is 3.99. The summed E-state index contributed by atoms with van der Waals surface area (Å²) in [6.07, 6.45) is 3.63. The van der Waals surface area contributed by atoms with Crippen LogP contribution >= 0.6 is 11.8 Å². The largest absolute Gasteiger partial charge is 0.326 e. The summed E-state index contributed by atoms with van der Waals surface area (Å²) in [5, 5.41) is 13.4. The molecule has 1 aromatic carbocycles. The van der Waals surface area contributed by atoms with Crippen LogP contribution in [-0.2, 0) is 17.9 Å². The molecule has 0 aliphatic rings. The topological polar surface area (TPSA) is 75.6 Å². The molecule has 1 amide bonds. The maximum atomic E-state index is 12.6. The maximum Gasteiger partial charge on any atom is 0.235 e. The summed E-state index contributed by atoms with van der Waals surface area (Å²) in [4.78, 5) is 16.9. The van der Waals surface area contributed by atoms with Crippen molar-refractivity contribution in [2.24, 2.45) is 0 Å². The van der Waals surface area contributed by atoms with E-state index in [9.17, 15) is 10.1 Å². The minimum Gasteiger partial charge on any atom is -0.326 e. The summed E-state index contributed by atoms with van der Waals surface area (Å²) in [5.74, 6) is 0.640. The lowest BCUT2D eigenvalue weighted by molar-refractivity contribution is -0.113. The predicted octanol–water partition coefficient (Wildman–Crippen LogP) is 3.97. The van der Waals surface area contributed by atoms with E-state index in [1.54, 1.807) is 6.20 Å². The molecule has 0 unspecified atom stereocenters. The first-order chi connectivity index (χ1) is 13.5. The maximum absolute atomic E-state index is 12.6. The molecule has 3 aromatic rings. The molecule has 1 N–H and O–H groups in total. The summed E-state index contributed by atoms with van der Waals surface area (Å²) in [6, 6.07) is 12.3. The highest BCUT2D eigenvalue weighted by molar-refractivity contribution is 7.99. The van der Waals surface area contributed by atoms with E-state index in [4.69, 9.17) is 0 Å². The zero-order chi connectivity index (χ0) is 20.1. The number of hydrogen-bond donors (Lipinski definition) is 1. The van der Waals surface area contributed by atoms with E-state index in [0.717, 1.165) is 28.5 Å². The fourth-order valence-corrected chi connectivity index (χ4v) is 3.89. The predicted molar refractivity (Wildman–Crippen MR) is 111 cm³/mol. The summed E-state index contributed by atoms with van der Waals surface area (Å²) >= 11 is 1.39. The minimum absolute atomic E-state index is 0.154. The van der Waals surface area contributed by atoms with E-state index in [1.165, 1.54) is 11.8 Å². The van der Waals surface area contributed by atoms with Gasteiger partial charge in [-0.3, -0.25) is 4.79 Å². The Bertz CT molecular complexity index is 1010. The zero-order valence-electron chi connectivity index (χ0n) is 16.3. The molecule has 7 heteroatoms. The molecule has 0 saturated heterocycles. The van der Waals surface area contributed by atoms with Crippen LogP contribution < -0.4 is 5.32 Å². The van der Waals surface area contributed by atoms with Crippen molar-refractivity contribution >= 4 is 23.5 Å². The first-order valence-corrected chi connectivity index (χ1v) is 10.1. The fraction of sp³-hybridized carbons (Fsp3) is 0.286. The van der Waals surface area contributed by atoms with Crippen molar-refractivity contribution in [3.05, 3.63) is 65.1 Å². The lowest BCUT2D eigenvalue weighted by Crippen LogP contribution is -2.19. The van der Waals surface area contributed by atoms with Crippen LogP contribution in [0.1, 0.15) is 29.3 Å². The molecule has 144 valence electrons. The van der Waals surface area contributed by atoms with Gasteiger partial charge < -0.3 is 14.5 Å². The van der Waals surface area contributed by atoms with Gasteiger partial charge in [-0.15, -0.1) is 0 Å². The Morgan fingerprint density at radius 2 is 2.04 bits per heavy atom. The molecule has 28 heavy (non-hydrogen) atoms. The normalized spacial score (nSPS) is 10.6. The van der Waals surface area contributed by atoms with Crippen LogP contribution in [0, 0.1) is 25.2 Å². The molecule has 0 aliphatic heterocycles. The van der Waals surface area contributed by atoms with E-state index in [0.29, 0.717) is 17.9 Å². The highest BCUT2D eigenvalue weighted by Crippen LogP contribution is 2.28. The van der Waals surface area contributed by atoms with Crippen molar-refractivity contribution in [1.29, 1.82) is 5.26 Å². The molecule has 0 radical (unpaired) electrons. The number of benzene rings is 1. The fourth-order valence-electron chi connectivity index (χ4n) is 3.07. The third kappa shape index (κ3) is 4.12. The van der Waals surface area contributed by atoms with Crippen molar-refractivity contribution in [2.45, 2.75) is 39.0 Å². The molecule has 0 spiro atoms. The second kappa shape index (κ2) is 8.81. The number of hydrogen-bond acceptors (Lipinski definition) is 4. The standard InChI is InChI=1S/C21H23N5OS/c1-4-25-11-10-23-21(25)28-14-19(27)24-20-18(12-22)15(2)16(3)26(20)13-17-8-6-5-7-9-17/h5-11H,4,13-14H2,1-3H3,(H,24,27). The van der Waals surface area contributed by atoms with Crippen molar-refractivity contribution in [1.82, 2.24) is 14.1 Å². The average molecular weight is 394 g/mol. The number of nitrogens with one attached hydrogen (secondary N) is 1. The molecule has 2 heterocycles. The molecule has 2 aromatic heterocycles. The third-order valence-electron chi connectivity index (χ3n) is 4.73. The first-order valence-electron chi connectivity index (χ1n) is 9.12. The molecule has 0 atom stereocenters. The van der Waals surface area contributed by atoms with Gasteiger partial charge >= 0.3 is 0 Å². The Balaban J connectivity index is 1.81. The molecule has 3 rings (SSSR count). The lowest BCUT2D eigenvalue weighted by Gasteiger charge is -2.13. The lowest BCUT2D eigenvalue weighted by atomic mass is 10.2. The highest BCUT2D eigenvalue weighted by atomic mass is 32.2. The monoisotopic (exact) mass is 393 g/mol. The van der Waals surface area contributed by atoms with Gasteiger partial charge in [-0.2, -0.15) is 5.26 Å². The number of thioether (sulfide) groups is 1. The average Bonchev–Trinajstić information content (AvgIpc) is 3.25. The number of nitriles is 1. The molecule has 0 bridgehead atoms. The Hall–Kier alpha value is -2.98. The third-order valence-corrected chi connectivity index (χ3v) is 5.74. The van der Waals surface area contributed by atoms with Gasteiger partial charge in [-0.1, -0.05) is 42.1 Å². The van der Waals surface area contributed by atoms with Crippen LogP contribution in [0.5, 0.6) is 0 Å². The van der Waals surface area contributed by atoms with E-state index in [1.807, 2.05) is 66.4 Å². The van der Waals surface area contributed by atoms with Gasteiger partial charge in [0.25, 0.3) is 0 Å².